The Morgan fingerprint density at radius 2 is 1.92 bits per heavy atom. The quantitative estimate of drug-likeness (QED) is 0.693. The molecule has 13 heavy (non-hydrogen) atoms. The van der Waals surface area contributed by atoms with E-state index in [0.717, 1.165) is 12.6 Å². The van der Waals surface area contributed by atoms with E-state index in [0.29, 0.717) is 10.8 Å². The van der Waals surface area contributed by atoms with E-state index in [1.807, 2.05) is 0 Å². The second-order valence-electron chi connectivity index (χ2n) is 6.37. The molecule has 1 aliphatic carbocycles. The average Bonchev–Trinajstić information content (AvgIpc) is 2.23. The van der Waals surface area contributed by atoms with Crippen LogP contribution in [-0.4, -0.2) is 12.6 Å². The van der Waals surface area contributed by atoms with Crippen LogP contribution in [0.4, 0.5) is 0 Å². The molecule has 78 valence electrons. The first-order valence-corrected chi connectivity index (χ1v) is 5.55. The van der Waals surface area contributed by atoms with Gasteiger partial charge < -0.3 is 5.32 Å². The topological polar surface area (TPSA) is 12.0 Å². The molecule has 1 N–H and O–H groups in total. The maximum absolute atomic E-state index is 3.71. The summed E-state index contributed by atoms with van der Waals surface area (Å²) >= 11 is 0. The van der Waals surface area contributed by atoms with Crippen LogP contribution in [0, 0.1) is 10.8 Å². The summed E-state index contributed by atoms with van der Waals surface area (Å²) < 4.78 is 0. The van der Waals surface area contributed by atoms with Crippen molar-refractivity contribution in [2.75, 3.05) is 6.54 Å². The van der Waals surface area contributed by atoms with E-state index in [2.05, 4.69) is 39.9 Å². The Kier molecular flexibility index (Phi) is 3.06. The molecule has 0 aromatic heterocycles. The van der Waals surface area contributed by atoms with Crippen molar-refractivity contribution >= 4 is 0 Å². The minimum atomic E-state index is 0.415. The largest absolute Gasteiger partial charge is 0.313 e. The number of rotatable bonds is 2. The molecule has 1 rings (SSSR count). The van der Waals surface area contributed by atoms with Crippen molar-refractivity contribution < 1.29 is 0 Å². The number of hydrogen-bond donors (Lipinski definition) is 1. The summed E-state index contributed by atoms with van der Waals surface area (Å²) in [6.45, 7) is 12.8. The normalized spacial score (nSPS) is 27.9. The Balaban J connectivity index is 2.37. The van der Waals surface area contributed by atoms with Crippen molar-refractivity contribution in [3.05, 3.63) is 0 Å². The first-order valence-electron chi connectivity index (χ1n) is 5.55. The molecule has 0 aromatic rings. The van der Waals surface area contributed by atoms with Gasteiger partial charge in [0.05, 0.1) is 0 Å². The highest BCUT2D eigenvalue weighted by molar-refractivity contribution is 4.90. The van der Waals surface area contributed by atoms with E-state index in [-0.39, 0.29) is 0 Å². The third-order valence-corrected chi connectivity index (χ3v) is 3.14. The lowest BCUT2D eigenvalue weighted by Gasteiger charge is -2.31. The van der Waals surface area contributed by atoms with Gasteiger partial charge in [-0.3, -0.25) is 0 Å². The van der Waals surface area contributed by atoms with Crippen LogP contribution in [0.1, 0.15) is 53.9 Å². The van der Waals surface area contributed by atoms with Gasteiger partial charge in [-0.05, 0) is 23.7 Å². The standard InChI is InChI=1S/C12H25N/c1-11(2,3)9-13-10-7-6-8-12(10,4)5/h10,13H,6-9H2,1-5H3. The summed E-state index contributed by atoms with van der Waals surface area (Å²) in [6, 6.07) is 0.742. The molecule has 0 spiro atoms. The first-order chi connectivity index (χ1) is 5.81. The van der Waals surface area contributed by atoms with E-state index < -0.39 is 0 Å². The molecule has 0 bridgehead atoms. The van der Waals surface area contributed by atoms with Crippen LogP contribution in [0.15, 0.2) is 0 Å². The van der Waals surface area contributed by atoms with Gasteiger partial charge in [-0.25, -0.2) is 0 Å². The minimum absolute atomic E-state index is 0.415. The van der Waals surface area contributed by atoms with E-state index in [4.69, 9.17) is 0 Å². The molecule has 1 saturated carbocycles. The van der Waals surface area contributed by atoms with Crippen molar-refractivity contribution in [2.45, 2.75) is 59.9 Å². The van der Waals surface area contributed by atoms with Gasteiger partial charge in [0, 0.05) is 12.6 Å². The zero-order chi connectivity index (χ0) is 10.1. The van der Waals surface area contributed by atoms with Gasteiger partial charge >= 0.3 is 0 Å². The van der Waals surface area contributed by atoms with Gasteiger partial charge in [-0.15, -0.1) is 0 Å². The number of nitrogens with one attached hydrogen (secondary N) is 1. The summed E-state index contributed by atoms with van der Waals surface area (Å²) in [4.78, 5) is 0. The van der Waals surface area contributed by atoms with Gasteiger partial charge in [-0.1, -0.05) is 41.0 Å². The van der Waals surface area contributed by atoms with Crippen molar-refractivity contribution in [1.82, 2.24) is 5.32 Å². The summed E-state index contributed by atoms with van der Waals surface area (Å²) in [6.07, 6.45) is 4.15. The van der Waals surface area contributed by atoms with Gasteiger partial charge in [0.25, 0.3) is 0 Å². The number of hydrogen-bond acceptors (Lipinski definition) is 1. The SMILES string of the molecule is CC(C)(C)CNC1CCCC1(C)C. The summed E-state index contributed by atoms with van der Waals surface area (Å²) in [7, 11) is 0. The second kappa shape index (κ2) is 3.61. The highest BCUT2D eigenvalue weighted by atomic mass is 14.9. The third-order valence-electron chi connectivity index (χ3n) is 3.14. The Bertz CT molecular complexity index is 164. The summed E-state index contributed by atoms with van der Waals surface area (Å²) in [5.41, 5.74) is 0.934. The average molecular weight is 183 g/mol. The molecule has 0 aromatic carbocycles. The van der Waals surface area contributed by atoms with Crippen LogP contribution in [0.5, 0.6) is 0 Å². The predicted octanol–water partition coefficient (Wildman–Crippen LogP) is 3.20. The molecule has 1 atom stereocenters. The Hall–Kier alpha value is -0.0400. The molecule has 1 unspecified atom stereocenters. The second-order valence-corrected chi connectivity index (χ2v) is 6.37. The van der Waals surface area contributed by atoms with Crippen molar-refractivity contribution in [1.29, 1.82) is 0 Å². The summed E-state index contributed by atoms with van der Waals surface area (Å²) in [5, 5.41) is 3.71. The van der Waals surface area contributed by atoms with E-state index in [1.54, 1.807) is 0 Å². The minimum Gasteiger partial charge on any atom is -0.313 e. The molecular formula is C12H25N. The molecule has 1 aliphatic rings. The monoisotopic (exact) mass is 183 g/mol. The highest BCUT2D eigenvalue weighted by Gasteiger charge is 2.34. The summed E-state index contributed by atoms with van der Waals surface area (Å²) in [5.74, 6) is 0. The zero-order valence-electron chi connectivity index (χ0n) is 9.91. The lowest BCUT2D eigenvalue weighted by molar-refractivity contribution is 0.252. The molecular weight excluding hydrogens is 158 g/mol. The van der Waals surface area contributed by atoms with Crippen LogP contribution < -0.4 is 5.32 Å². The molecule has 0 aliphatic heterocycles. The van der Waals surface area contributed by atoms with Gasteiger partial charge in [0.2, 0.25) is 0 Å². The smallest absolute Gasteiger partial charge is 0.0118 e. The van der Waals surface area contributed by atoms with E-state index in [1.165, 1.54) is 19.3 Å². The fourth-order valence-electron chi connectivity index (χ4n) is 2.13. The molecule has 0 heterocycles. The maximum atomic E-state index is 3.71. The molecule has 0 saturated heterocycles. The maximum Gasteiger partial charge on any atom is 0.0118 e. The Labute approximate surface area is 83.3 Å². The Morgan fingerprint density at radius 3 is 2.31 bits per heavy atom. The lowest BCUT2D eigenvalue weighted by atomic mass is 9.86. The lowest BCUT2D eigenvalue weighted by Crippen LogP contribution is -2.41. The fraction of sp³-hybridized carbons (Fsp3) is 1.00. The van der Waals surface area contributed by atoms with Crippen LogP contribution in [0.25, 0.3) is 0 Å². The van der Waals surface area contributed by atoms with E-state index in [9.17, 15) is 0 Å². The molecule has 1 nitrogen and oxygen atoms in total. The highest BCUT2D eigenvalue weighted by Crippen LogP contribution is 2.37. The first kappa shape index (κ1) is 11.0. The molecule has 0 amide bonds. The van der Waals surface area contributed by atoms with Gasteiger partial charge in [-0.2, -0.15) is 0 Å². The van der Waals surface area contributed by atoms with Crippen LogP contribution >= 0.6 is 0 Å². The van der Waals surface area contributed by atoms with Crippen LogP contribution in [0.3, 0.4) is 0 Å². The fourth-order valence-corrected chi connectivity index (χ4v) is 2.13. The van der Waals surface area contributed by atoms with Crippen LogP contribution in [-0.2, 0) is 0 Å². The van der Waals surface area contributed by atoms with Gasteiger partial charge in [0.15, 0.2) is 0 Å². The third kappa shape index (κ3) is 3.30. The van der Waals surface area contributed by atoms with Crippen molar-refractivity contribution in [3.63, 3.8) is 0 Å². The van der Waals surface area contributed by atoms with E-state index >= 15 is 0 Å². The molecule has 1 fully saturated rings. The van der Waals surface area contributed by atoms with Crippen molar-refractivity contribution in [2.24, 2.45) is 10.8 Å². The molecule has 1 heteroatoms. The van der Waals surface area contributed by atoms with Gasteiger partial charge in [0.1, 0.15) is 0 Å². The van der Waals surface area contributed by atoms with Crippen LogP contribution in [0.2, 0.25) is 0 Å². The zero-order valence-corrected chi connectivity index (χ0v) is 9.91. The molecule has 0 radical (unpaired) electrons. The van der Waals surface area contributed by atoms with Crippen molar-refractivity contribution in [3.8, 4) is 0 Å². The predicted molar refractivity (Wildman–Crippen MR) is 58.9 cm³/mol. The Morgan fingerprint density at radius 1 is 1.31 bits per heavy atom.